The molecule has 0 spiro atoms. The van der Waals surface area contributed by atoms with Gasteiger partial charge in [0, 0.05) is 37.4 Å². The van der Waals surface area contributed by atoms with Crippen LogP contribution in [0, 0.1) is 0 Å². The molecular formula is C15H26N4. The smallest absolute Gasteiger partial charge is 0.0544 e. The lowest BCUT2D eigenvalue weighted by molar-refractivity contribution is 0.0688. The Labute approximate surface area is 116 Å². The van der Waals surface area contributed by atoms with Gasteiger partial charge in [0.1, 0.15) is 0 Å². The fourth-order valence-electron chi connectivity index (χ4n) is 2.86. The summed E-state index contributed by atoms with van der Waals surface area (Å²) in [7, 11) is 2.18. The van der Waals surface area contributed by atoms with Gasteiger partial charge in [0.25, 0.3) is 0 Å². The van der Waals surface area contributed by atoms with Gasteiger partial charge in [0.2, 0.25) is 0 Å². The van der Waals surface area contributed by atoms with Crippen molar-refractivity contribution in [3.8, 4) is 0 Å². The van der Waals surface area contributed by atoms with E-state index in [4.69, 9.17) is 5.73 Å². The normalized spacial score (nSPS) is 25.2. The summed E-state index contributed by atoms with van der Waals surface area (Å²) in [6.45, 7) is 8.37. The average Bonchev–Trinajstić information content (AvgIpc) is 2.51. The highest BCUT2D eigenvalue weighted by Crippen LogP contribution is 2.27. The summed E-state index contributed by atoms with van der Waals surface area (Å²) >= 11 is 0. The molecule has 0 aromatic carbocycles. The number of nitrogens with zero attached hydrogens (tertiary/aromatic N) is 3. The van der Waals surface area contributed by atoms with E-state index < -0.39 is 0 Å². The number of aromatic nitrogens is 1. The highest BCUT2D eigenvalue weighted by atomic mass is 15.3. The maximum atomic E-state index is 6.01. The van der Waals surface area contributed by atoms with E-state index in [1.807, 2.05) is 12.3 Å². The van der Waals surface area contributed by atoms with Crippen molar-refractivity contribution in [3.63, 3.8) is 0 Å². The van der Waals surface area contributed by atoms with E-state index in [2.05, 4.69) is 47.8 Å². The molecule has 4 nitrogen and oxygen atoms in total. The minimum absolute atomic E-state index is 0.159. The van der Waals surface area contributed by atoms with Crippen molar-refractivity contribution in [1.29, 1.82) is 0 Å². The van der Waals surface area contributed by atoms with E-state index in [-0.39, 0.29) is 5.54 Å². The highest BCUT2D eigenvalue weighted by Gasteiger charge is 2.35. The predicted octanol–water partition coefficient (Wildman–Crippen LogP) is 1.33. The molecule has 1 aromatic rings. The largest absolute Gasteiger partial charge is 0.329 e. The molecule has 1 atom stereocenters. The predicted molar refractivity (Wildman–Crippen MR) is 78.8 cm³/mol. The Morgan fingerprint density at radius 1 is 1.42 bits per heavy atom. The topological polar surface area (TPSA) is 45.4 Å². The summed E-state index contributed by atoms with van der Waals surface area (Å²) in [6, 6.07) is 6.50. The number of hydrogen-bond acceptors (Lipinski definition) is 4. The van der Waals surface area contributed by atoms with Crippen molar-refractivity contribution in [1.82, 2.24) is 14.8 Å². The van der Waals surface area contributed by atoms with Gasteiger partial charge in [-0.2, -0.15) is 0 Å². The molecule has 19 heavy (non-hydrogen) atoms. The number of hydrogen-bond donors (Lipinski definition) is 1. The summed E-state index contributed by atoms with van der Waals surface area (Å²) in [5.74, 6) is 0. The highest BCUT2D eigenvalue weighted by molar-refractivity contribution is 5.05. The first-order valence-electron chi connectivity index (χ1n) is 7.08. The van der Waals surface area contributed by atoms with Gasteiger partial charge < -0.3 is 10.6 Å². The summed E-state index contributed by atoms with van der Waals surface area (Å²) in [5.41, 5.74) is 7.29. The molecule has 1 aromatic heterocycles. The first-order valence-corrected chi connectivity index (χ1v) is 7.08. The van der Waals surface area contributed by atoms with Crippen molar-refractivity contribution >= 4 is 0 Å². The van der Waals surface area contributed by atoms with Crippen LogP contribution in [0.1, 0.15) is 26.0 Å². The molecule has 0 aliphatic carbocycles. The van der Waals surface area contributed by atoms with Crippen molar-refractivity contribution < 1.29 is 0 Å². The summed E-state index contributed by atoms with van der Waals surface area (Å²) in [4.78, 5) is 9.37. The Morgan fingerprint density at radius 2 is 2.21 bits per heavy atom. The number of rotatable bonds is 3. The first-order chi connectivity index (χ1) is 9.03. The molecule has 106 valence electrons. The molecule has 4 heteroatoms. The molecule has 1 fully saturated rings. The van der Waals surface area contributed by atoms with Gasteiger partial charge in [-0.1, -0.05) is 6.07 Å². The molecule has 1 aliphatic heterocycles. The van der Waals surface area contributed by atoms with Gasteiger partial charge in [0.15, 0.2) is 0 Å². The summed E-state index contributed by atoms with van der Waals surface area (Å²) in [6.07, 6.45) is 3.02. The van der Waals surface area contributed by atoms with Crippen LogP contribution >= 0.6 is 0 Å². The van der Waals surface area contributed by atoms with E-state index in [0.717, 1.165) is 31.7 Å². The van der Waals surface area contributed by atoms with Crippen molar-refractivity contribution in [3.05, 3.63) is 30.1 Å². The Hall–Kier alpha value is -0.970. The minimum Gasteiger partial charge on any atom is -0.329 e. The summed E-state index contributed by atoms with van der Waals surface area (Å²) in [5, 5.41) is 0. The quantitative estimate of drug-likeness (QED) is 0.892. The van der Waals surface area contributed by atoms with Gasteiger partial charge in [0.05, 0.1) is 5.69 Å². The molecule has 0 bridgehead atoms. The average molecular weight is 262 g/mol. The fraction of sp³-hybridized carbons (Fsp3) is 0.667. The second-order valence-corrected chi connectivity index (χ2v) is 6.16. The van der Waals surface area contributed by atoms with Crippen LogP contribution in [-0.4, -0.2) is 53.0 Å². The molecule has 0 saturated carbocycles. The molecule has 0 amide bonds. The SMILES string of the molecule is CN1CCC(C)(C)N(Cc2ccccn2)C(CN)C1. The zero-order valence-corrected chi connectivity index (χ0v) is 12.3. The van der Waals surface area contributed by atoms with Crippen LogP contribution in [-0.2, 0) is 6.54 Å². The van der Waals surface area contributed by atoms with E-state index in [1.165, 1.54) is 0 Å². The van der Waals surface area contributed by atoms with Gasteiger partial charge in [-0.15, -0.1) is 0 Å². The maximum Gasteiger partial charge on any atom is 0.0544 e. The third kappa shape index (κ3) is 3.53. The van der Waals surface area contributed by atoms with Gasteiger partial charge >= 0.3 is 0 Å². The van der Waals surface area contributed by atoms with Crippen LogP contribution < -0.4 is 5.73 Å². The van der Waals surface area contributed by atoms with Crippen molar-refractivity contribution in [2.24, 2.45) is 5.73 Å². The van der Waals surface area contributed by atoms with E-state index >= 15 is 0 Å². The number of pyridine rings is 1. The third-order valence-corrected chi connectivity index (χ3v) is 4.18. The molecule has 2 heterocycles. The Kier molecular flexibility index (Phi) is 4.55. The van der Waals surface area contributed by atoms with Crippen LogP contribution in [0.15, 0.2) is 24.4 Å². The van der Waals surface area contributed by atoms with Crippen molar-refractivity contribution in [2.45, 2.75) is 38.4 Å². The van der Waals surface area contributed by atoms with Gasteiger partial charge in [-0.05, 0) is 46.0 Å². The minimum atomic E-state index is 0.159. The zero-order valence-electron chi connectivity index (χ0n) is 12.3. The molecular weight excluding hydrogens is 236 g/mol. The molecule has 1 aliphatic rings. The van der Waals surface area contributed by atoms with Crippen LogP contribution in [0.2, 0.25) is 0 Å². The lowest BCUT2D eigenvalue weighted by Crippen LogP contribution is -2.53. The zero-order chi connectivity index (χ0) is 13.9. The first kappa shape index (κ1) is 14.4. The van der Waals surface area contributed by atoms with Crippen LogP contribution in [0.3, 0.4) is 0 Å². The second kappa shape index (κ2) is 5.99. The Balaban J connectivity index is 2.21. The van der Waals surface area contributed by atoms with Crippen LogP contribution in [0.5, 0.6) is 0 Å². The Morgan fingerprint density at radius 3 is 2.84 bits per heavy atom. The number of nitrogens with two attached hydrogens (primary N) is 1. The maximum absolute atomic E-state index is 6.01. The molecule has 1 saturated heterocycles. The molecule has 2 N–H and O–H groups in total. The third-order valence-electron chi connectivity index (χ3n) is 4.18. The standard InChI is InChI=1S/C15H26N4/c1-15(2)7-9-18(3)12-14(10-16)19(15)11-13-6-4-5-8-17-13/h4-6,8,14H,7,9-12,16H2,1-3H3. The van der Waals surface area contributed by atoms with Gasteiger partial charge in [-0.3, -0.25) is 9.88 Å². The monoisotopic (exact) mass is 262 g/mol. The van der Waals surface area contributed by atoms with Gasteiger partial charge in [-0.25, -0.2) is 0 Å². The van der Waals surface area contributed by atoms with Crippen LogP contribution in [0.4, 0.5) is 0 Å². The molecule has 2 rings (SSSR count). The Bertz CT molecular complexity index is 390. The molecule has 1 unspecified atom stereocenters. The molecule has 0 radical (unpaired) electrons. The lowest BCUT2D eigenvalue weighted by Gasteiger charge is -2.41. The van der Waals surface area contributed by atoms with E-state index in [0.29, 0.717) is 12.6 Å². The second-order valence-electron chi connectivity index (χ2n) is 6.16. The number of likely N-dealkylation sites (N-methyl/N-ethyl adjacent to an activating group) is 1. The lowest BCUT2D eigenvalue weighted by atomic mass is 9.96. The fourth-order valence-corrected chi connectivity index (χ4v) is 2.86. The van der Waals surface area contributed by atoms with E-state index in [1.54, 1.807) is 0 Å². The van der Waals surface area contributed by atoms with Crippen LogP contribution in [0.25, 0.3) is 0 Å². The van der Waals surface area contributed by atoms with Crippen molar-refractivity contribution in [2.75, 3.05) is 26.7 Å². The summed E-state index contributed by atoms with van der Waals surface area (Å²) < 4.78 is 0. The van der Waals surface area contributed by atoms with E-state index in [9.17, 15) is 0 Å².